The van der Waals surface area contributed by atoms with Crippen molar-refractivity contribution in [3.8, 4) is 5.75 Å². The van der Waals surface area contributed by atoms with Crippen LogP contribution in [0.5, 0.6) is 5.75 Å². The van der Waals surface area contributed by atoms with E-state index in [-0.39, 0.29) is 18.4 Å². The lowest BCUT2D eigenvalue weighted by Crippen LogP contribution is -2.46. The molecule has 2 aromatic rings. The second-order valence-electron chi connectivity index (χ2n) is 9.64. The third-order valence-corrected chi connectivity index (χ3v) is 8.09. The van der Waals surface area contributed by atoms with Crippen molar-refractivity contribution in [2.24, 2.45) is 0 Å². The number of hydrogen-bond acceptors (Lipinski definition) is 7. The van der Waals surface area contributed by atoms with Gasteiger partial charge in [-0.3, -0.25) is 14.5 Å². The minimum atomic E-state index is -0.199. The van der Waals surface area contributed by atoms with Crippen LogP contribution in [0.3, 0.4) is 0 Å². The molecule has 3 heterocycles. The van der Waals surface area contributed by atoms with Gasteiger partial charge in [-0.05, 0) is 47.9 Å². The molecule has 0 unspecified atom stereocenters. The van der Waals surface area contributed by atoms with E-state index in [9.17, 15) is 9.59 Å². The van der Waals surface area contributed by atoms with Crippen LogP contribution < -0.4 is 15.0 Å². The summed E-state index contributed by atoms with van der Waals surface area (Å²) in [6, 6.07) is 14.2. The van der Waals surface area contributed by atoms with Gasteiger partial charge in [0.1, 0.15) is 10.1 Å². The van der Waals surface area contributed by atoms with E-state index in [1.165, 1.54) is 36.7 Å². The Morgan fingerprint density at radius 2 is 1.70 bits per heavy atom. The Kier molecular flexibility index (Phi) is 8.24. The predicted octanol–water partition coefficient (Wildman–Crippen LogP) is 4.02. The van der Waals surface area contributed by atoms with E-state index in [1.54, 1.807) is 11.0 Å². The summed E-state index contributed by atoms with van der Waals surface area (Å²) in [7, 11) is 0. The predicted molar refractivity (Wildman–Crippen MR) is 153 cm³/mol. The zero-order chi connectivity index (χ0) is 25.8. The number of carbonyl (C=O) groups is 2. The Balaban J connectivity index is 1.24. The van der Waals surface area contributed by atoms with Gasteiger partial charge in [0.15, 0.2) is 6.61 Å². The van der Waals surface area contributed by atoms with Crippen molar-refractivity contribution in [3.05, 3.63) is 64.1 Å². The zero-order valence-corrected chi connectivity index (χ0v) is 22.7. The van der Waals surface area contributed by atoms with Gasteiger partial charge in [0.05, 0.1) is 17.1 Å². The summed E-state index contributed by atoms with van der Waals surface area (Å²) in [5.41, 5.74) is 3.88. The number of fused-ring (bicyclic) bond motifs is 1. The highest BCUT2D eigenvalue weighted by molar-refractivity contribution is 8.26. The van der Waals surface area contributed by atoms with Crippen LogP contribution in [0.1, 0.15) is 36.5 Å². The quantitative estimate of drug-likeness (QED) is 0.404. The average molecular weight is 537 g/mol. The molecule has 1 N–H and O–H groups in total. The van der Waals surface area contributed by atoms with Crippen LogP contribution in [0.4, 0.5) is 5.69 Å². The van der Waals surface area contributed by atoms with Gasteiger partial charge in [-0.25, -0.2) is 0 Å². The normalized spacial score (nSPS) is 19.8. The van der Waals surface area contributed by atoms with Crippen LogP contribution >= 0.6 is 24.0 Å². The number of ether oxygens (including phenoxy) is 1. The molecule has 9 heteroatoms. The molecule has 0 aliphatic carbocycles. The lowest BCUT2D eigenvalue weighted by atomic mass is 10.1. The van der Waals surface area contributed by atoms with Crippen LogP contribution in [-0.2, 0) is 22.7 Å². The molecular formula is C28H32N4O3S2. The molecule has 2 saturated heterocycles. The summed E-state index contributed by atoms with van der Waals surface area (Å²) in [5, 5.41) is 2.63. The Hall–Kier alpha value is -2.72. The van der Waals surface area contributed by atoms with E-state index in [1.807, 2.05) is 18.2 Å². The molecule has 0 aromatic heterocycles. The molecule has 0 saturated carbocycles. The number of benzene rings is 2. The van der Waals surface area contributed by atoms with Gasteiger partial charge in [-0.2, -0.15) is 0 Å². The summed E-state index contributed by atoms with van der Waals surface area (Å²) in [6.07, 6.45) is 4.32. The first-order chi connectivity index (χ1) is 18.0. The Morgan fingerprint density at radius 1 is 1.00 bits per heavy atom. The molecule has 5 rings (SSSR count). The van der Waals surface area contributed by atoms with Gasteiger partial charge in [-0.15, -0.1) is 0 Å². The summed E-state index contributed by atoms with van der Waals surface area (Å²) < 4.78 is 6.12. The number of nitrogens with one attached hydrogen (secondary N) is 1. The Labute approximate surface area is 227 Å². The first-order valence-corrected chi connectivity index (χ1v) is 14.1. The van der Waals surface area contributed by atoms with Gasteiger partial charge >= 0.3 is 0 Å². The summed E-state index contributed by atoms with van der Waals surface area (Å²) in [6.45, 7) is 9.39. The van der Waals surface area contributed by atoms with Crippen LogP contribution in [0, 0.1) is 0 Å². The third-order valence-electron chi connectivity index (χ3n) is 6.93. The number of thiocarbonyl (C=S) groups is 1. The highest BCUT2D eigenvalue weighted by Gasteiger charge is 2.27. The van der Waals surface area contributed by atoms with E-state index in [4.69, 9.17) is 17.0 Å². The average Bonchev–Trinajstić information content (AvgIpc) is 3.22. The van der Waals surface area contributed by atoms with Crippen LogP contribution in [0.25, 0.3) is 6.08 Å². The molecular weight excluding hydrogens is 504 g/mol. The summed E-state index contributed by atoms with van der Waals surface area (Å²) in [4.78, 5) is 32.3. The fourth-order valence-corrected chi connectivity index (χ4v) is 5.84. The van der Waals surface area contributed by atoms with Crippen LogP contribution in [0.15, 0.2) is 47.4 Å². The van der Waals surface area contributed by atoms with Crippen LogP contribution in [0.2, 0.25) is 0 Å². The Bertz CT molecular complexity index is 1210. The molecule has 0 atom stereocenters. The second kappa shape index (κ2) is 11.8. The molecule has 3 aliphatic rings. The summed E-state index contributed by atoms with van der Waals surface area (Å²) in [5.74, 6) is 0.377. The minimum absolute atomic E-state index is 0.0162. The number of hydrogen-bond donors (Lipinski definition) is 1. The first-order valence-electron chi connectivity index (χ1n) is 12.8. The number of amides is 2. The van der Waals surface area contributed by atoms with Crippen molar-refractivity contribution in [1.82, 2.24) is 15.1 Å². The molecule has 2 aromatic carbocycles. The molecule has 37 heavy (non-hydrogen) atoms. The molecule has 2 fully saturated rings. The van der Waals surface area contributed by atoms with E-state index < -0.39 is 0 Å². The van der Waals surface area contributed by atoms with Crippen molar-refractivity contribution in [1.29, 1.82) is 0 Å². The molecule has 0 radical (unpaired) electrons. The maximum atomic E-state index is 12.8. The van der Waals surface area contributed by atoms with Gasteiger partial charge < -0.3 is 19.9 Å². The van der Waals surface area contributed by atoms with E-state index in [2.05, 4.69) is 46.3 Å². The second-order valence-corrected chi connectivity index (χ2v) is 11.4. The topological polar surface area (TPSA) is 65.1 Å². The number of rotatable bonds is 8. The molecule has 2 amide bonds. The minimum Gasteiger partial charge on any atom is -0.482 e. The van der Waals surface area contributed by atoms with Crippen molar-refractivity contribution in [2.75, 3.05) is 44.2 Å². The fourth-order valence-electron chi connectivity index (χ4n) is 4.80. The lowest BCUT2D eigenvalue weighted by Gasteiger charge is -2.34. The number of piperazine rings is 1. The largest absolute Gasteiger partial charge is 0.482 e. The number of nitrogens with zero attached hydrogens (tertiary/aromatic N) is 3. The number of anilines is 1. The molecule has 0 bridgehead atoms. The van der Waals surface area contributed by atoms with Crippen molar-refractivity contribution >= 4 is 51.9 Å². The van der Waals surface area contributed by atoms with Crippen LogP contribution in [-0.4, -0.2) is 65.3 Å². The standard InChI is InChI=1S/C28H32N4O3S2/c1-2-3-10-30-11-13-31(14-12-30)17-20-4-6-21(7-5-20)18-32-23-15-22(8-9-24(23)35-19-26(32)33)16-25-27(34)29-28(36)37-25/h4-9,15-16H,2-3,10-14,17-19H2,1H3,(H,29,34,36)/b25-16+. The van der Waals surface area contributed by atoms with Gasteiger partial charge in [0.2, 0.25) is 0 Å². The highest BCUT2D eigenvalue weighted by atomic mass is 32.2. The number of thioether (sulfide) groups is 1. The van der Waals surface area contributed by atoms with Gasteiger partial charge in [-0.1, -0.05) is 67.7 Å². The maximum Gasteiger partial charge on any atom is 0.265 e. The summed E-state index contributed by atoms with van der Waals surface area (Å²) >= 11 is 6.32. The molecule has 0 spiro atoms. The monoisotopic (exact) mass is 536 g/mol. The SMILES string of the molecule is CCCCN1CCN(Cc2ccc(CN3C(=O)COc4ccc(/C=C5/SC(=S)NC5=O)cc43)cc2)CC1. The molecule has 3 aliphatic heterocycles. The smallest absolute Gasteiger partial charge is 0.265 e. The fraction of sp³-hybridized carbons (Fsp3) is 0.393. The molecule has 7 nitrogen and oxygen atoms in total. The number of carbonyl (C=O) groups excluding carboxylic acids is 2. The lowest BCUT2D eigenvalue weighted by molar-refractivity contribution is -0.121. The Morgan fingerprint density at radius 3 is 2.38 bits per heavy atom. The zero-order valence-electron chi connectivity index (χ0n) is 21.1. The van der Waals surface area contributed by atoms with Gasteiger partial charge in [0, 0.05) is 32.7 Å². The molecule has 194 valence electrons. The van der Waals surface area contributed by atoms with E-state index in [0.29, 0.717) is 27.2 Å². The number of unbranched alkanes of at least 4 members (excludes halogenated alkanes) is 1. The third kappa shape index (κ3) is 6.41. The van der Waals surface area contributed by atoms with E-state index >= 15 is 0 Å². The van der Waals surface area contributed by atoms with Crippen molar-refractivity contribution < 1.29 is 14.3 Å². The van der Waals surface area contributed by atoms with Gasteiger partial charge in [0.25, 0.3) is 11.8 Å². The maximum absolute atomic E-state index is 12.8. The van der Waals surface area contributed by atoms with E-state index in [0.717, 1.165) is 43.9 Å². The highest BCUT2D eigenvalue weighted by Crippen LogP contribution is 2.35. The van der Waals surface area contributed by atoms with Crippen molar-refractivity contribution in [2.45, 2.75) is 32.9 Å². The first kappa shape index (κ1) is 25.9. The van der Waals surface area contributed by atoms with Crippen molar-refractivity contribution in [3.63, 3.8) is 0 Å².